The Bertz CT molecular complexity index is 560. The summed E-state index contributed by atoms with van der Waals surface area (Å²) in [4.78, 5) is 21.4. The molecule has 0 fully saturated rings. The van der Waals surface area contributed by atoms with Crippen molar-refractivity contribution in [3.63, 3.8) is 0 Å². The van der Waals surface area contributed by atoms with E-state index in [0.29, 0.717) is 18.3 Å². The highest BCUT2D eigenvalue weighted by Gasteiger charge is 2.33. The molecule has 0 saturated heterocycles. The zero-order valence-electron chi connectivity index (χ0n) is 24.0. The minimum absolute atomic E-state index is 0.0129. The molecule has 0 radical (unpaired) electrons. The molecule has 36 heavy (non-hydrogen) atoms. The fraction of sp³-hybridized carbons (Fsp3) is 0.964. The maximum atomic E-state index is 11.9. The van der Waals surface area contributed by atoms with Crippen molar-refractivity contribution in [3.8, 4) is 0 Å². The molecular weight excluding hydrogens is 495 g/mol. The van der Waals surface area contributed by atoms with Gasteiger partial charge in [-0.1, -0.05) is 97.3 Å². The van der Waals surface area contributed by atoms with Crippen molar-refractivity contribution in [3.05, 3.63) is 0 Å². The van der Waals surface area contributed by atoms with Crippen LogP contribution in [0.15, 0.2) is 0 Å². The summed E-state index contributed by atoms with van der Waals surface area (Å²) in [7, 11) is -4.40. The Kier molecular flexibility index (Phi) is 24.0. The van der Waals surface area contributed by atoms with E-state index in [9.17, 15) is 14.3 Å². The summed E-state index contributed by atoms with van der Waals surface area (Å²) in [6, 6.07) is 0. The molecule has 3 atom stereocenters. The molecule has 1 N–H and O–H groups in total. The van der Waals surface area contributed by atoms with Crippen molar-refractivity contribution < 1.29 is 28.3 Å². The summed E-state index contributed by atoms with van der Waals surface area (Å²) in [5.41, 5.74) is -1.19. The first-order valence-corrected chi connectivity index (χ1v) is 17.3. The highest BCUT2D eigenvalue weighted by Crippen LogP contribution is 2.44. The van der Waals surface area contributed by atoms with Crippen molar-refractivity contribution in [2.24, 2.45) is 0 Å². The summed E-state index contributed by atoms with van der Waals surface area (Å²) in [6.45, 7) is 10.3. The Labute approximate surface area is 226 Å². The molecule has 0 rings (SSSR count). The third-order valence-electron chi connectivity index (χ3n) is 6.20. The maximum Gasteiger partial charge on any atom is 0.435 e. The highest BCUT2D eigenvalue weighted by atomic mass is 32.2. The molecule has 0 aromatic heterocycles. The maximum absolute atomic E-state index is 11.9. The van der Waals surface area contributed by atoms with Gasteiger partial charge in [0.05, 0.1) is 18.8 Å². The van der Waals surface area contributed by atoms with Crippen LogP contribution in [0.1, 0.15) is 137 Å². The normalized spacial score (nSPS) is 15.1. The van der Waals surface area contributed by atoms with Crippen LogP contribution >= 0.6 is 19.4 Å². The Balaban J connectivity index is 4.25. The molecule has 0 bridgehead atoms. The van der Waals surface area contributed by atoms with E-state index in [1.807, 2.05) is 11.8 Å². The summed E-state index contributed by atoms with van der Waals surface area (Å²) in [5.74, 6) is 1.18. The van der Waals surface area contributed by atoms with Crippen LogP contribution in [0, 0.1) is 0 Å². The topological polar surface area (TPSA) is 82.1 Å². The summed E-state index contributed by atoms with van der Waals surface area (Å²) in [5, 5.41) is 0.464. The van der Waals surface area contributed by atoms with Crippen LogP contribution < -0.4 is 0 Å². The predicted octanol–water partition coefficient (Wildman–Crippen LogP) is 9.52. The molecule has 0 spiro atoms. The molecule has 0 aromatic rings. The Morgan fingerprint density at radius 3 is 1.86 bits per heavy atom. The average Bonchev–Trinajstić information content (AvgIpc) is 2.82. The summed E-state index contributed by atoms with van der Waals surface area (Å²) >= 11 is 2.04. The SMILES string of the molecule is CCCCCCCCCCCSC(CCCCCCC)C(C)OCCCOP(=O)(O)C(=O)OC(C)C. The fourth-order valence-electron chi connectivity index (χ4n) is 3.99. The molecule has 0 aromatic carbocycles. The fourth-order valence-corrected chi connectivity index (χ4v) is 6.18. The van der Waals surface area contributed by atoms with Gasteiger partial charge in [-0.3, -0.25) is 0 Å². The minimum atomic E-state index is -4.40. The van der Waals surface area contributed by atoms with Gasteiger partial charge in [-0.2, -0.15) is 11.8 Å². The van der Waals surface area contributed by atoms with Crippen molar-refractivity contribution in [2.45, 2.75) is 155 Å². The lowest BCUT2D eigenvalue weighted by Gasteiger charge is -2.24. The first kappa shape index (κ1) is 35.9. The lowest BCUT2D eigenvalue weighted by Crippen LogP contribution is -2.25. The average molecular weight is 553 g/mol. The molecule has 0 aliphatic carbocycles. The van der Waals surface area contributed by atoms with Crippen LogP contribution in [-0.4, -0.2) is 47.0 Å². The van der Waals surface area contributed by atoms with Crippen LogP contribution in [0.25, 0.3) is 0 Å². The van der Waals surface area contributed by atoms with E-state index < -0.39 is 19.4 Å². The first-order valence-electron chi connectivity index (χ1n) is 14.7. The van der Waals surface area contributed by atoms with Crippen LogP contribution in [0.3, 0.4) is 0 Å². The number of hydrogen-bond acceptors (Lipinski definition) is 6. The van der Waals surface area contributed by atoms with Gasteiger partial charge in [0, 0.05) is 11.9 Å². The van der Waals surface area contributed by atoms with Crippen molar-refractivity contribution in [2.75, 3.05) is 19.0 Å². The Morgan fingerprint density at radius 2 is 1.31 bits per heavy atom. The number of carbonyl (C=O) groups is 1. The van der Waals surface area contributed by atoms with E-state index in [0.717, 1.165) is 6.42 Å². The largest absolute Gasteiger partial charge is 0.454 e. The lowest BCUT2D eigenvalue weighted by atomic mass is 10.1. The molecule has 0 aliphatic rings. The van der Waals surface area contributed by atoms with E-state index in [4.69, 9.17) is 14.0 Å². The Hall–Kier alpha value is -0.0700. The van der Waals surface area contributed by atoms with Crippen LogP contribution in [-0.2, 0) is 18.6 Å². The molecule has 216 valence electrons. The smallest absolute Gasteiger partial charge is 0.435 e. The second-order valence-corrected chi connectivity index (χ2v) is 13.2. The van der Waals surface area contributed by atoms with Gasteiger partial charge in [0.25, 0.3) is 0 Å². The number of thioether (sulfide) groups is 1. The molecular formula is C28H57O6PS. The molecule has 0 amide bonds. The molecule has 0 aliphatic heterocycles. The third-order valence-corrected chi connectivity index (χ3v) is 8.87. The third kappa shape index (κ3) is 20.9. The zero-order valence-corrected chi connectivity index (χ0v) is 25.7. The summed E-state index contributed by atoms with van der Waals surface area (Å²) < 4.78 is 27.7. The van der Waals surface area contributed by atoms with Gasteiger partial charge in [-0.05, 0) is 45.8 Å². The highest BCUT2D eigenvalue weighted by molar-refractivity contribution is 7.99. The van der Waals surface area contributed by atoms with Crippen LogP contribution in [0.2, 0.25) is 0 Å². The van der Waals surface area contributed by atoms with E-state index in [1.165, 1.54) is 95.6 Å². The number of hydrogen-bond donors (Lipinski definition) is 1. The number of carbonyl (C=O) groups excluding carboxylic acids is 1. The first-order chi connectivity index (χ1) is 17.2. The van der Waals surface area contributed by atoms with Gasteiger partial charge in [0.1, 0.15) is 0 Å². The quantitative estimate of drug-likeness (QED) is 0.0845. The van der Waals surface area contributed by atoms with Crippen LogP contribution in [0.4, 0.5) is 4.79 Å². The van der Waals surface area contributed by atoms with E-state index >= 15 is 0 Å². The van der Waals surface area contributed by atoms with Gasteiger partial charge < -0.3 is 18.9 Å². The predicted molar refractivity (Wildman–Crippen MR) is 154 cm³/mol. The Morgan fingerprint density at radius 1 is 0.778 bits per heavy atom. The van der Waals surface area contributed by atoms with Gasteiger partial charge in [0.2, 0.25) is 0 Å². The van der Waals surface area contributed by atoms with Crippen molar-refractivity contribution >= 4 is 25.1 Å². The molecule has 6 nitrogen and oxygen atoms in total. The van der Waals surface area contributed by atoms with Crippen molar-refractivity contribution in [1.82, 2.24) is 0 Å². The van der Waals surface area contributed by atoms with Gasteiger partial charge >= 0.3 is 13.3 Å². The number of ether oxygens (including phenoxy) is 2. The molecule has 0 heterocycles. The second-order valence-electron chi connectivity index (χ2n) is 10.2. The minimum Gasteiger partial charge on any atom is -0.454 e. The van der Waals surface area contributed by atoms with Gasteiger partial charge in [0.15, 0.2) is 0 Å². The second kappa shape index (κ2) is 24.0. The monoisotopic (exact) mass is 552 g/mol. The lowest BCUT2D eigenvalue weighted by molar-refractivity contribution is 0.0533. The van der Waals surface area contributed by atoms with Crippen LogP contribution in [0.5, 0.6) is 0 Å². The van der Waals surface area contributed by atoms with Gasteiger partial charge in [-0.25, -0.2) is 9.36 Å². The standard InChI is InChI=1S/C28H57O6PS/c1-6-8-10-12-13-14-15-17-19-24-36-27(21-18-16-11-9-7-2)26(5)32-22-20-23-33-35(30,31)28(29)34-25(3)4/h25-27H,6-24H2,1-5H3,(H,30,31). The van der Waals surface area contributed by atoms with E-state index in [-0.39, 0.29) is 12.7 Å². The molecule has 3 unspecified atom stereocenters. The van der Waals surface area contributed by atoms with Gasteiger partial charge in [-0.15, -0.1) is 0 Å². The molecule has 0 saturated carbocycles. The molecule has 8 heteroatoms. The summed E-state index contributed by atoms with van der Waals surface area (Å²) in [6.07, 6.45) is 19.8. The van der Waals surface area contributed by atoms with E-state index in [1.54, 1.807) is 13.8 Å². The van der Waals surface area contributed by atoms with Crippen molar-refractivity contribution in [1.29, 1.82) is 0 Å². The number of rotatable bonds is 26. The zero-order chi connectivity index (χ0) is 27.1. The van der Waals surface area contributed by atoms with E-state index in [2.05, 4.69) is 20.8 Å². The number of unbranched alkanes of at least 4 members (excludes halogenated alkanes) is 12.